The smallest absolute Gasteiger partial charge is 0.416 e. The topological polar surface area (TPSA) is 114 Å². The maximum Gasteiger partial charge on any atom is 0.416 e. The number of alkyl halides is 3. The highest BCUT2D eigenvalue weighted by atomic mass is 32.2. The average Bonchev–Trinajstić information content (AvgIpc) is 3.17. The number of hydrogen-bond acceptors (Lipinski definition) is 6. The first-order valence-electron chi connectivity index (χ1n) is 7.77. The van der Waals surface area contributed by atoms with Crippen LogP contribution in [0.3, 0.4) is 0 Å². The van der Waals surface area contributed by atoms with Crippen LogP contribution >= 0.6 is 11.8 Å². The highest BCUT2D eigenvalue weighted by Gasteiger charge is 2.29. The Hall–Kier alpha value is -3.21. The van der Waals surface area contributed by atoms with Gasteiger partial charge in [-0.25, -0.2) is 4.98 Å². The molecule has 0 radical (unpaired) electrons. The van der Waals surface area contributed by atoms with E-state index in [0.717, 1.165) is 23.9 Å². The van der Waals surface area contributed by atoms with Crippen LogP contribution in [-0.2, 0) is 11.9 Å². The van der Waals surface area contributed by atoms with E-state index in [4.69, 9.17) is 10.2 Å². The van der Waals surface area contributed by atoms with E-state index in [1.54, 1.807) is 0 Å². The summed E-state index contributed by atoms with van der Waals surface area (Å²) in [7, 11) is 0. The van der Waals surface area contributed by atoms with Gasteiger partial charge in [-0.1, -0.05) is 23.9 Å². The lowest BCUT2D eigenvalue weighted by Gasteiger charge is -2.09. The average molecular weight is 410 g/mol. The second kappa shape index (κ2) is 7.80. The molecule has 0 atom stereocenters. The predicted octanol–water partition coefficient (Wildman–Crippen LogP) is 3.51. The van der Waals surface area contributed by atoms with E-state index in [0.29, 0.717) is 5.56 Å². The van der Waals surface area contributed by atoms with E-state index in [-0.39, 0.29) is 28.2 Å². The molecule has 11 heteroatoms. The monoisotopic (exact) mass is 410 g/mol. The Morgan fingerprint density at radius 3 is 2.54 bits per heavy atom. The molecule has 4 N–H and O–H groups in total. The molecule has 0 unspecified atom stereocenters. The van der Waals surface area contributed by atoms with E-state index in [2.05, 4.69) is 15.3 Å². The number of nitrogen functional groups attached to an aromatic ring is 1. The minimum Gasteiger partial charge on any atom is -0.459 e. The normalized spacial score (nSPS) is 11.4. The molecule has 3 aromatic rings. The Labute approximate surface area is 160 Å². The number of nitrogens with two attached hydrogens (primary N) is 1. The number of halogens is 3. The molecule has 0 aliphatic rings. The van der Waals surface area contributed by atoms with Crippen LogP contribution in [0.4, 0.5) is 24.7 Å². The number of anilines is 2. The number of hydrogen-bond donors (Lipinski definition) is 3. The van der Waals surface area contributed by atoms with E-state index in [1.807, 2.05) is 0 Å². The van der Waals surface area contributed by atoms with Crippen molar-refractivity contribution in [3.8, 4) is 0 Å². The molecule has 1 amide bonds. The van der Waals surface area contributed by atoms with Gasteiger partial charge >= 0.3 is 6.18 Å². The van der Waals surface area contributed by atoms with Crippen LogP contribution < -0.4 is 16.6 Å². The Morgan fingerprint density at radius 1 is 1.25 bits per heavy atom. The highest BCUT2D eigenvalue weighted by molar-refractivity contribution is 7.98. The van der Waals surface area contributed by atoms with E-state index in [1.165, 1.54) is 30.5 Å². The number of rotatable bonds is 5. The highest BCUT2D eigenvalue weighted by Crippen LogP contribution is 2.30. The fourth-order valence-corrected chi connectivity index (χ4v) is 3.01. The van der Waals surface area contributed by atoms with E-state index in [9.17, 15) is 22.8 Å². The summed E-state index contributed by atoms with van der Waals surface area (Å²) in [6, 6.07) is 7.58. The maximum atomic E-state index is 12.6. The largest absolute Gasteiger partial charge is 0.459 e. The van der Waals surface area contributed by atoms with Gasteiger partial charge in [-0.05, 0) is 29.8 Å². The molecular weight excluding hydrogens is 397 g/mol. The second-order valence-electron chi connectivity index (χ2n) is 5.55. The molecule has 0 aliphatic carbocycles. The van der Waals surface area contributed by atoms with Crippen molar-refractivity contribution < 1.29 is 22.4 Å². The van der Waals surface area contributed by atoms with Gasteiger partial charge in [0, 0.05) is 5.75 Å². The number of aromatic nitrogens is 2. The molecule has 0 bridgehead atoms. The molecule has 0 saturated carbocycles. The number of aromatic amines is 1. The zero-order valence-corrected chi connectivity index (χ0v) is 14.9. The van der Waals surface area contributed by atoms with E-state index >= 15 is 0 Å². The van der Waals surface area contributed by atoms with Crippen molar-refractivity contribution in [3.05, 3.63) is 69.9 Å². The SMILES string of the molecule is Nc1nc(SCc2ccc(C(F)(F)F)cc2)[nH]c(=O)c1NC(=O)c1ccco1. The number of carbonyl (C=O) groups is 1. The zero-order valence-electron chi connectivity index (χ0n) is 14.0. The first kappa shape index (κ1) is 19.5. The summed E-state index contributed by atoms with van der Waals surface area (Å²) in [6.07, 6.45) is -3.09. The van der Waals surface area contributed by atoms with Crippen molar-refractivity contribution in [1.82, 2.24) is 9.97 Å². The van der Waals surface area contributed by atoms with Crippen LogP contribution in [0.5, 0.6) is 0 Å². The molecule has 1 aromatic carbocycles. The molecule has 0 spiro atoms. The standard InChI is InChI=1S/C17H13F3N4O3S/c18-17(19,20)10-5-3-9(4-6-10)8-28-16-23-13(21)12(15(26)24-16)22-14(25)11-2-1-7-27-11/h1-7H,8H2,(H,22,25)(H3,21,23,24,26). The summed E-state index contributed by atoms with van der Waals surface area (Å²) >= 11 is 1.08. The molecule has 28 heavy (non-hydrogen) atoms. The number of nitrogens with one attached hydrogen (secondary N) is 2. The minimum absolute atomic E-state index is 0.000412. The molecule has 0 aliphatic heterocycles. The van der Waals surface area contributed by atoms with Crippen LogP contribution in [0, 0.1) is 0 Å². The Bertz CT molecular complexity index is 1030. The number of benzene rings is 1. The van der Waals surface area contributed by atoms with Gasteiger partial charge in [0.05, 0.1) is 11.8 Å². The van der Waals surface area contributed by atoms with Gasteiger partial charge in [0.2, 0.25) is 0 Å². The van der Waals surface area contributed by atoms with Crippen LogP contribution in [-0.4, -0.2) is 15.9 Å². The van der Waals surface area contributed by atoms with Gasteiger partial charge in [0.15, 0.2) is 22.4 Å². The van der Waals surface area contributed by atoms with Gasteiger partial charge in [0.25, 0.3) is 11.5 Å². The lowest BCUT2D eigenvalue weighted by atomic mass is 10.1. The third kappa shape index (κ3) is 4.55. The molecule has 2 aromatic heterocycles. The molecule has 3 rings (SSSR count). The van der Waals surface area contributed by atoms with Crippen LogP contribution in [0.2, 0.25) is 0 Å². The van der Waals surface area contributed by atoms with Crippen molar-refractivity contribution in [2.24, 2.45) is 0 Å². The molecule has 7 nitrogen and oxygen atoms in total. The summed E-state index contributed by atoms with van der Waals surface area (Å²) in [6.45, 7) is 0. The number of H-pyrrole nitrogens is 1. The lowest BCUT2D eigenvalue weighted by Crippen LogP contribution is -2.22. The Balaban J connectivity index is 1.69. The van der Waals surface area contributed by atoms with Crippen LogP contribution in [0.1, 0.15) is 21.7 Å². The minimum atomic E-state index is -4.40. The van der Waals surface area contributed by atoms with E-state index < -0.39 is 23.2 Å². The third-order valence-corrected chi connectivity index (χ3v) is 4.51. The fraction of sp³-hybridized carbons (Fsp3) is 0.118. The van der Waals surface area contributed by atoms with Gasteiger partial charge in [-0.15, -0.1) is 0 Å². The van der Waals surface area contributed by atoms with Gasteiger partial charge < -0.3 is 15.5 Å². The van der Waals surface area contributed by atoms with Crippen molar-refractivity contribution in [1.29, 1.82) is 0 Å². The van der Waals surface area contributed by atoms with Crippen molar-refractivity contribution in [2.45, 2.75) is 17.1 Å². The lowest BCUT2D eigenvalue weighted by molar-refractivity contribution is -0.137. The molecule has 0 saturated heterocycles. The van der Waals surface area contributed by atoms with Gasteiger partial charge in [-0.2, -0.15) is 13.2 Å². The van der Waals surface area contributed by atoms with Gasteiger partial charge in [0.1, 0.15) is 0 Å². The quantitative estimate of drug-likeness (QED) is 0.438. The summed E-state index contributed by atoms with van der Waals surface area (Å²) in [5, 5.41) is 2.49. The predicted molar refractivity (Wildman–Crippen MR) is 96.9 cm³/mol. The fourth-order valence-electron chi connectivity index (χ4n) is 2.18. The van der Waals surface area contributed by atoms with Crippen molar-refractivity contribution >= 4 is 29.2 Å². The molecule has 146 valence electrons. The summed E-state index contributed by atoms with van der Waals surface area (Å²) in [5.74, 6) is -0.592. The second-order valence-corrected chi connectivity index (χ2v) is 6.51. The number of furan rings is 1. The zero-order chi connectivity index (χ0) is 20.3. The molecule has 0 fully saturated rings. The van der Waals surface area contributed by atoms with Crippen molar-refractivity contribution in [3.63, 3.8) is 0 Å². The number of carbonyl (C=O) groups excluding carboxylic acids is 1. The first-order valence-corrected chi connectivity index (χ1v) is 8.76. The summed E-state index contributed by atoms with van der Waals surface area (Å²) in [4.78, 5) is 30.6. The summed E-state index contributed by atoms with van der Waals surface area (Å²) < 4.78 is 42.6. The molecular formula is C17H13F3N4O3S. The Kier molecular flexibility index (Phi) is 5.45. The van der Waals surface area contributed by atoms with Gasteiger partial charge in [-0.3, -0.25) is 14.6 Å². The number of thioether (sulfide) groups is 1. The maximum absolute atomic E-state index is 12.6. The molecule has 2 heterocycles. The first-order chi connectivity index (χ1) is 13.2. The van der Waals surface area contributed by atoms with Crippen LogP contribution in [0.25, 0.3) is 0 Å². The van der Waals surface area contributed by atoms with Crippen molar-refractivity contribution in [2.75, 3.05) is 11.1 Å². The third-order valence-electron chi connectivity index (χ3n) is 3.57. The number of nitrogens with zero attached hydrogens (tertiary/aromatic N) is 1. The summed E-state index contributed by atoms with van der Waals surface area (Å²) in [5.41, 5.74) is 4.72. The Morgan fingerprint density at radius 2 is 1.96 bits per heavy atom. The van der Waals surface area contributed by atoms with Crippen LogP contribution in [0.15, 0.2) is 57.0 Å². The number of amides is 1.